The Morgan fingerprint density at radius 3 is 2.68 bits per heavy atom. The molecule has 25 heavy (non-hydrogen) atoms. The van der Waals surface area contributed by atoms with E-state index < -0.39 is 17.9 Å². The van der Waals surface area contributed by atoms with Crippen LogP contribution in [-0.4, -0.2) is 41.4 Å². The summed E-state index contributed by atoms with van der Waals surface area (Å²) < 4.78 is 10.7. The summed E-state index contributed by atoms with van der Waals surface area (Å²) in [6.07, 6.45) is 2.52. The molecule has 1 saturated heterocycles. The van der Waals surface area contributed by atoms with Gasteiger partial charge >= 0.3 is 0 Å². The summed E-state index contributed by atoms with van der Waals surface area (Å²) in [5, 5.41) is 11.4. The van der Waals surface area contributed by atoms with E-state index in [-0.39, 0.29) is 10.7 Å². The second-order valence-corrected chi connectivity index (χ2v) is 6.96. The zero-order chi connectivity index (χ0) is 18.6. The molecule has 0 aliphatic carbocycles. The summed E-state index contributed by atoms with van der Waals surface area (Å²) in [7, 11) is 3.07. The van der Waals surface area contributed by atoms with Gasteiger partial charge in [-0.2, -0.15) is 0 Å². The number of thiocarbonyl (C=S) groups is 1. The van der Waals surface area contributed by atoms with Crippen molar-refractivity contribution >= 4 is 46.3 Å². The Morgan fingerprint density at radius 2 is 2.12 bits per heavy atom. The number of amides is 1. The highest BCUT2D eigenvalue weighted by Crippen LogP contribution is 2.36. The number of hydrogen-bond donors (Lipinski definition) is 0. The molecule has 0 unspecified atom stereocenters. The highest BCUT2D eigenvalue weighted by molar-refractivity contribution is 8.26. The summed E-state index contributed by atoms with van der Waals surface area (Å²) in [5.41, 5.74) is 0.671. The number of carboxylic acid groups (broad SMARTS) is 1. The molecule has 1 atom stereocenters. The largest absolute Gasteiger partial charge is 0.548 e. The first-order chi connectivity index (χ1) is 11.9. The number of ether oxygens (including phenoxy) is 2. The van der Waals surface area contributed by atoms with E-state index >= 15 is 0 Å². The molecule has 1 aromatic carbocycles. The molecule has 1 fully saturated rings. The van der Waals surface area contributed by atoms with Crippen molar-refractivity contribution < 1.29 is 24.2 Å². The van der Waals surface area contributed by atoms with Gasteiger partial charge in [0.25, 0.3) is 5.91 Å². The fourth-order valence-corrected chi connectivity index (χ4v) is 3.80. The maximum Gasteiger partial charge on any atom is 0.266 e. The van der Waals surface area contributed by atoms with Crippen LogP contribution in [-0.2, 0) is 9.59 Å². The van der Waals surface area contributed by atoms with Gasteiger partial charge in [0.05, 0.1) is 31.1 Å². The number of carbonyl (C=O) groups excluding carboxylic acids is 2. The molecule has 1 aliphatic heterocycles. The van der Waals surface area contributed by atoms with Gasteiger partial charge in [0.2, 0.25) is 0 Å². The molecular weight excluding hydrogens is 362 g/mol. The lowest BCUT2D eigenvalue weighted by atomic mass is 10.1. The van der Waals surface area contributed by atoms with Gasteiger partial charge in [0, 0.05) is 11.6 Å². The van der Waals surface area contributed by atoms with Crippen LogP contribution < -0.4 is 14.6 Å². The number of nitrogens with zero attached hydrogens (tertiary/aromatic N) is 1. The second kappa shape index (κ2) is 8.35. The number of hydrogen-bond acceptors (Lipinski definition) is 7. The molecule has 6 nitrogen and oxygen atoms in total. The number of rotatable bonds is 7. The molecule has 2 rings (SSSR count). The van der Waals surface area contributed by atoms with E-state index in [4.69, 9.17) is 21.7 Å². The van der Waals surface area contributed by atoms with Crippen molar-refractivity contribution in [1.29, 1.82) is 0 Å². The van der Waals surface area contributed by atoms with Crippen LogP contribution >= 0.6 is 24.0 Å². The van der Waals surface area contributed by atoms with Crippen LogP contribution in [0.3, 0.4) is 0 Å². The topological polar surface area (TPSA) is 78.9 Å². The second-order valence-electron chi connectivity index (χ2n) is 5.28. The standard InChI is InChI=1S/C17H19NO5S2/c1-4-5-12(16(20)21)18-15(19)14(25-17(18)24)8-10-6-7-11(22-2)9-13(10)23-3/h6-9,12H,4-5H2,1-3H3,(H,20,21)/p-1/b14-8-/t12-/m0/s1. The molecule has 8 heteroatoms. The molecule has 1 aromatic rings. The normalized spacial score (nSPS) is 17.1. The lowest BCUT2D eigenvalue weighted by molar-refractivity contribution is -0.310. The first-order valence-corrected chi connectivity index (χ1v) is 8.85. The fraction of sp³-hybridized carbons (Fsp3) is 0.353. The van der Waals surface area contributed by atoms with Gasteiger partial charge in [0.15, 0.2) is 0 Å². The number of carbonyl (C=O) groups is 2. The molecule has 0 N–H and O–H groups in total. The van der Waals surface area contributed by atoms with Crippen molar-refractivity contribution in [3.63, 3.8) is 0 Å². The molecule has 0 spiro atoms. The Morgan fingerprint density at radius 1 is 1.40 bits per heavy atom. The molecule has 1 aliphatic rings. The molecular formula is C17H18NO5S2-. The van der Waals surface area contributed by atoms with Crippen LogP contribution in [0.25, 0.3) is 6.08 Å². The van der Waals surface area contributed by atoms with Gasteiger partial charge in [-0.25, -0.2) is 0 Å². The Labute approximate surface area is 155 Å². The lowest BCUT2D eigenvalue weighted by Gasteiger charge is -2.27. The van der Waals surface area contributed by atoms with E-state index in [0.29, 0.717) is 28.4 Å². The predicted molar refractivity (Wildman–Crippen MR) is 98.3 cm³/mol. The van der Waals surface area contributed by atoms with Gasteiger partial charge in [0.1, 0.15) is 15.8 Å². The van der Waals surface area contributed by atoms with E-state index in [1.807, 2.05) is 6.92 Å². The van der Waals surface area contributed by atoms with Crippen LogP contribution in [0.1, 0.15) is 25.3 Å². The smallest absolute Gasteiger partial charge is 0.266 e. The van der Waals surface area contributed by atoms with Crippen molar-refractivity contribution in [3.8, 4) is 11.5 Å². The molecule has 1 amide bonds. The average molecular weight is 380 g/mol. The average Bonchev–Trinajstić information content (AvgIpc) is 2.86. The van der Waals surface area contributed by atoms with Crippen LogP contribution in [0.5, 0.6) is 11.5 Å². The van der Waals surface area contributed by atoms with Crippen LogP contribution in [0, 0.1) is 0 Å². The summed E-state index contributed by atoms with van der Waals surface area (Å²) in [4.78, 5) is 25.5. The first kappa shape index (κ1) is 19.3. The number of thioether (sulfide) groups is 1. The summed E-state index contributed by atoms with van der Waals surface area (Å²) in [6.45, 7) is 1.84. The zero-order valence-electron chi connectivity index (χ0n) is 14.1. The predicted octanol–water partition coefficient (Wildman–Crippen LogP) is 1.82. The number of methoxy groups -OCH3 is 2. The summed E-state index contributed by atoms with van der Waals surface area (Å²) in [5.74, 6) is -0.576. The van der Waals surface area contributed by atoms with Crippen LogP contribution in [0.4, 0.5) is 0 Å². The highest BCUT2D eigenvalue weighted by atomic mass is 32.2. The number of carboxylic acids is 1. The highest BCUT2D eigenvalue weighted by Gasteiger charge is 2.37. The molecule has 1 heterocycles. The van der Waals surface area contributed by atoms with E-state index in [9.17, 15) is 14.7 Å². The van der Waals surface area contributed by atoms with Crippen LogP contribution in [0.15, 0.2) is 23.1 Å². The van der Waals surface area contributed by atoms with E-state index in [1.54, 1.807) is 31.4 Å². The van der Waals surface area contributed by atoms with E-state index in [1.165, 1.54) is 7.11 Å². The molecule has 0 bridgehead atoms. The fourth-order valence-electron chi connectivity index (χ4n) is 2.45. The van der Waals surface area contributed by atoms with Crippen molar-refractivity contribution in [1.82, 2.24) is 4.90 Å². The first-order valence-electron chi connectivity index (χ1n) is 7.62. The van der Waals surface area contributed by atoms with Gasteiger partial charge in [-0.1, -0.05) is 37.3 Å². The monoisotopic (exact) mass is 380 g/mol. The van der Waals surface area contributed by atoms with Crippen molar-refractivity contribution in [2.75, 3.05) is 14.2 Å². The summed E-state index contributed by atoms with van der Waals surface area (Å²) >= 11 is 6.27. The molecule has 0 aromatic heterocycles. The minimum atomic E-state index is -1.30. The zero-order valence-corrected chi connectivity index (χ0v) is 15.7. The lowest BCUT2D eigenvalue weighted by Crippen LogP contribution is -2.49. The number of benzene rings is 1. The Balaban J connectivity index is 2.36. The van der Waals surface area contributed by atoms with Gasteiger partial charge in [-0.15, -0.1) is 0 Å². The Kier molecular flexibility index (Phi) is 6.44. The third-order valence-corrected chi connectivity index (χ3v) is 5.03. The quantitative estimate of drug-likeness (QED) is 0.527. The molecule has 0 radical (unpaired) electrons. The Hall–Kier alpha value is -2.06. The van der Waals surface area contributed by atoms with E-state index in [2.05, 4.69) is 0 Å². The SMILES string of the molecule is CCC[C@@H](C(=O)[O-])N1C(=O)/C(=C/c2ccc(OC)cc2OC)SC1=S. The van der Waals surface area contributed by atoms with Gasteiger partial charge in [-0.05, 0) is 24.6 Å². The summed E-state index contributed by atoms with van der Waals surface area (Å²) in [6, 6.07) is 4.15. The maximum absolute atomic E-state index is 12.7. The van der Waals surface area contributed by atoms with E-state index in [0.717, 1.165) is 16.7 Å². The van der Waals surface area contributed by atoms with Crippen LogP contribution in [0.2, 0.25) is 0 Å². The third-order valence-electron chi connectivity index (χ3n) is 3.70. The number of aliphatic carboxylic acids is 1. The third kappa shape index (κ3) is 4.13. The van der Waals surface area contributed by atoms with Crippen molar-refractivity contribution in [3.05, 3.63) is 28.7 Å². The van der Waals surface area contributed by atoms with Crippen molar-refractivity contribution in [2.45, 2.75) is 25.8 Å². The minimum Gasteiger partial charge on any atom is -0.548 e. The van der Waals surface area contributed by atoms with Gasteiger partial charge in [-0.3, -0.25) is 9.69 Å². The minimum absolute atomic E-state index is 0.214. The molecule has 134 valence electrons. The molecule has 0 saturated carbocycles. The van der Waals surface area contributed by atoms with Gasteiger partial charge < -0.3 is 19.4 Å². The Bertz CT molecular complexity index is 732. The van der Waals surface area contributed by atoms with Crippen molar-refractivity contribution in [2.24, 2.45) is 0 Å². The maximum atomic E-state index is 12.7.